The Balaban J connectivity index is 1.35. The average Bonchev–Trinajstić information content (AvgIpc) is 3.60. The second-order valence-corrected chi connectivity index (χ2v) is 12.9. The fourth-order valence-electron chi connectivity index (χ4n) is 7.32. The molecule has 4 aromatic rings. The molecular formula is C39H42N2O9. The Labute approximate surface area is 289 Å². The molecule has 3 aliphatic rings. The minimum absolute atomic E-state index is 0.00422. The number of rotatable bonds is 13. The van der Waals surface area contributed by atoms with Gasteiger partial charge in [-0.1, -0.05) is 24.3 Å². The molecular weight excluding hydrogens is 640 g/mol. The SMILES string of the molecule is CNCO[C@@H]1Cc2c(cc(OC(CO)CO)c3c2C[C@@H](Cc2ccc4c(c2)=CCN=4)c2cc(O)ccc2-3)O[C@@H]1c1ccc(O)c(OCCO)c1. The first kappa shape index (κ1) is 33.8. The predicted molar refractivity (Wildman–Crippen MR) is 185 cm³/mol. The molecule has 1 aliphatic carbocycles. The van der Waals surface area contributed by atoms with Crippen molar-refractivity contribution in [1.82, 2.24) is 5.32 Å². The summed E-state index contributed by atoms with van der Waals surface area (Å²) in [5.74, 6) is 1.39. The summed E-state index contributed by atoms with van der Waals surface area (Å²) in [4.78, 5) is 4.54. The van der Waals surface area contributed by atoms with E-state index in [1.54, 1.807) is 25.2 Å². The van der Waals surface area contributed by atoms with Gasteiger partial charge < -0.3 is 44.5 Å². The Hall–Kier alpha value is -4.65. The van der Waals surface area contributed by atoms with Crippen LogP contribution in [0.1, 0.15) is 39.8 Å². The third kappa shape index (κ3) is 6.62. The van der Waals surface area contributed by atoms with Crippen molar-refractivity contribution in [3.8, 4) is 39.9 Å². The number of ether oxygens (including phenoxy) is 4. The smallest absolute Gasteiger partial charge is 0.161 e. The summed E-state index contributed by atoms with van der Waals surface area (Å²) < 4.78 is 25.0. The molecule has 11 heteroatoms. The lowest BCUT2D eigenvalue weighted by molar-refractivity contribution is -0.0430. The summed E-state index contributed by atoms with van der Waals surface area (Å²) in [5, 5.41) is 55.6. The van der Waals surface area contributed by atoms with Crippen molar-refractivity contribution in [3.05, 3.63) is 99.1 Å². The van der Waals surface area contributed by atoms with Crippen LogP contribution in [-0.4, -0.2) is 84.5 Å². The third-order valence-electron chi connectivity index (χ3n) is 9.61. The van der Waals surface area contributed by atoms with Gasteiger partial charge in [-0.3, -0.25) is 10.3 Å². The lowest BCUT2D eigenvalue weighted by Gasteiger charge is -2.38. The van der Waals surface area contributed by atoms with E-state index in [0.717, 1.165) is 44.8 Å². The molecule has 262 valence electrons. The topological polar surface area (TPSA) is 162 Å². The number of nitrogens with zero attached hydrogens (tertiary/aromatic N) is 1. The monoisotopic (exact) mass is 682 g/mol. The van der Waals surface area contributed by atoms with Crippen LogP contribution in [0.2, 0.25) is 0 Å². The molecule has 3 atom stereocenters. The molecule has 0 spiro atoms. The van der Waals surface area contributed by atoms with Crippen LogP contribution in [0.15, 0.2) is 65.7 Å². The summed E-state index contributed by atoms with van der Waals surface area (Å²) in [5.41, 5.74) is 6.59. The lowest BCUT2D eigenvalue weighted by Crippen LogP contribution is -2.36. The van der Waals surface area contributed by atoms with E-state index >= 15 is 0 Å². The minimum atomic E-state index is -0.863. The van der Waals surface area contributed by atoms with Crippen molar-refractivity contribution in [2.75, 3.05) is 46.8 Å². The molecule has 11 nitrogen and oxygen atoms in total. The number of hydrogen-bond acceptors (Lipinski definition) is 11. The maximum atomic E-state index is 10.7. The van der Waals surface area contributed by atoms with Crippen molar-refractivity contribution in [2.24, 2.45) is 4.99 Å². The summed E-state index contributed by atoms with van der Waals surface area (Å²) in [6, 6.07) is 18.6. The molecule has 4 aromatic carbocycles. The van der Waals surface area contributed by atoms with E-state index in [1.807, 2.05) is 18.2 Å². The molecule has 0 radical (unpaired) electrons. The van der Waals surface area contributed by atoms with E-state index in [-0.39, 0.29) is 56.3 Å². The summed E-state index contributed by atoms with van der Waals surface area (Å²) in [7, 11) is 1.81. The Morgan fingerprint density at radius 2 is 1.80 bits per heavy atom. The highest BCUT2D eigenvalue weighted by Gasteiger charge is 2.39. The highest BCUT2D eigenvalue weighted by molar-refractivity contribution is 5.83. The molecule has 6 N–H and O–H groups in total. The van der Waals surface area contributed by atoms with Crippen molar-refractivity contribution >= 4 is 6.08 Å². The van der Waals surface area contributed by atoms with Crippen molar-refractivity contribution in [1.29, 1.82) is 0 Å². The van der Waals surface area contributed by atoms with E-state index in [9.17, 15) is 25.5 Å². The van der Waals surface area contributed by atoms with Crippen LogP contribution in [0.5, 0.6) is 28.7 Å². The number of aliphatic hydroxyl groups excluding tert-OH is 3. The van der Waals surface area contributed by atoms with Gasteiger partial charge in [-0.2, -0.15) is 0 Å². The molecule has 0 saturated carbocycles. The zero-order chi connectivity index (χ0) is 34.8. The molecule has 0 unspecified atom stereocenters. The molecule has 50 heavy (non-hydrogen) atoms. The van der Waals surface area contributed by atoms with Gasteiger partial charge in [-0.25, -0.2) is 0 Å². The first-order chi connectivity index (χ1) is 24.4. The van der Waals surface area contributed by atoms with Crippen molar-refractivity contribution < 1.29 is 44.5 Å². The maximum absolute atomic E-state index is 10.7. The number of phenolic OH excluding ortho intramolecular Hbond substituents is 2. The van der Waals surface area contributed by atoms with Crippen LogP contribution in [0, 0.1) is 0 Å². The van der Waals surface area contributed by atoms with Crippen molar-refractivity contribution in [2.45, 2.75) is 43.5 Å². The van der Waals surface area contributed by atoms with Crippen molar-refractivity contribution in [3.63, 3.8) is 0 Å². The van der Waals surface area contributed by atoms with Gasteiger partial charge in [-0.15, -0.1) is 0 Å². The molecule has 0 bridgehead atoms. The summed E-state index contributed by atoms with van der Waals surface area (Å²) in [6.07, 6.45) is 2.07. The second kappa shape index (κ2) is 14.7. The van der Waals surface area contributed by atoms with E-state index in [1.165, 1.54) is 11.6 Å². The fraction of sp³-hybridized carbons (Fsp3) is 0.359. The lowest BCUT2D eigenvalue weighted by atomic mass is 9.73. The minimum Gasteiger partial charge on any atom is -0.508 e. The quantitative estimate of drug-likeness (QED) is 0.116. The second-order valence-electron chi connectivity index (χ2n) is 12.9. The largest absolute Gasteiger partial charge is 0.508 e. The Morgan fingerprint density at radius 3 is 2.60 bits per heavy atom. The highest BCUT2D eigenvalue weighted by atomic mass is 16.6. The number of hydrogen-bond donors (Lipinski definition) is 6. The molecule has 0 aromatic heterocycles. The van der Waals surface area contributed by atoms with Gasteiger partial charge in [0.2, 0.25) is 0 Å². The first-order valence-electron chi connectivity index (χ1n) is 16.9. The van der Waals surface area contributed by atoms with Crippen LogP contribution < -0.4 is 30.1 Å². The standard InChI is InChI=1S/C39H42N2O9/c1-40-21-48-37-17-30-31-14-25(13-22-2-6-32-23(12-22)8-9-41-32)29-16-26(45)4-5-28(29)38(31)36(49-27(19-43)20-44)18-34(30)50-39(37)24-3-7-33(46)35(15-24)47-11-10-42/h2-8,12,15-16,18,25,27,37,39-40,42-46H,9-11,13-14,17,19-21H2,1H3/t25-,37-,39-/m1/s1. The van der Waals surface area contributed by atoms with Gasteiger partial charge in [0.25, 0.3) is 0 Å². The van der Waals surface area contributed by atoms with Crippen LogP contribution in [-0.2, 0) is 24.0 Å². The Morgan fingerprint density at radius 1 is 0.940 bits per heavy atom. The van der Waals surface area contributed by atoms with E-state index < -0.39 is 18.3 Å². The molecule has 0 amide bonds. The van der Waals surface area contributed by atoms with Crippen LogP contribution in [0.3, 0.4) is 0 Å². The van der Waals surface area contributed by atoms with Gasteiger partial charge in [-0.05, 0) is 95.2 Å². The van der Waals surface area contributed by atoms with E-state index in [0.29, 0.717) is 36.4 Å². The zero-order valence-corrected chi connectivity index (χ0v) is 27.8. The third-order valence-corrected chi connectivity index (χ3v) is 9.61. The van der Waals surface area contributed by atoms with E-state index in [2.05, 4.69) is 34.6 Å². The zero-order valence-electron chi connectivity index (χ0n) is 27.8. The number of phenols is 2. The van der Waals surface area contributed by atoms with Crippen LogP contribution >= 0.6 is 0 Å². The van der Waals surface area contributed by atoms with Gasteiger partial charge in [0.15, 0.2) is 17.6 Å². The molecule has 0 saturated heterocycles. The molecule has 7 rings (SSSR count). The summed E-state index contributed by atoms with van der Waals surface area (Å²) >= 11 is 0. The van der Waals surface area contributed by atoms with E-state index in [4.69, 9.17) is 18.9 Å². The molecule has 2 heterocycles. The van der Waals surface area contributed by atoms with Gasteiger partial charge >= 0.3 is 0 Å². The number of nitrogens with one attached hydrogen (secondary N) is 1. The van der Waals surface area contributed by atoms with Gasteiger partial charge in [0.05, 0.1) is 38.5 Å². The number of fused-ring (bicyclic) bond motifs is 6. The highest BCUT2D eigenvalue weighted by Crippen LogP contribution is 2.52. The number of aromatic hydroxyl groups is 2. The normalized spacial score (nSPS) is 18.6. The van der Waals surface area contributed by atoms with Crippen LogP contribution in [0.25, 0.3) is 17.2 Å². The average molecular weight is 683 g/mol. The Bertz CT molecular complexity index is 1990. The molecule has 2 aliphatic heterocycles. The Kier molecular flexibility index (Phi) is 9.93. The summed E-state index contributed by atoms with van der Waals surface area (Å²) in [6.45, 7) is 0.00434. The number of benzene rings is 4. The first-order valence-corrected chi connectivity index (χ1v) is 16.9. The van der Waals surface area contributed by atoms with Gasteiger partial charge in [0.1, 0.15) is 36.1 Å². The molecule has 0 fully saturated rings. The van der Waals surface area contributed by atoms with Crippen LogP contribution in [0.4, 0.5) is 0 Å². The maximum Gasteiger partial charge on any atom is 0.161 e. The fourth-order valence-corrected chi connectivity index (χ4v) is 7.32. The predicted octanol–water partition coefficient (Wildman–Crippen LogP) is 2.40. The number of aliphatic hydroxyl groups is 3. The van der Waals surface area contributed by atoms with Gasteiger partial charge in [0, 0.05) is 23.6 Å².